The molecule has 24 heavy (non-hydrogen) atoms. The second-order valence-corrected chi connectivity index (χ2v) is 4.87. The van der Waals surface area contributed by atoms with Gasteiger partial charge in [-0.3, -0.25) is 0 Å². The standard InChI is InChI=1S/C17H13F2N3O2/c18-16(19)24-15-6-4-11(5-7-15)12-9-20-17(21-10-12)22-13-2-1-3-14(23)8-13/h1-10,16,23H,(H,20,21,22). The second-order valence-electron chi connectivity index (χ2n) is 4.87. The molecule has 2 N–H and O–H groups in total. The fraction of sp³-hybridized carbons (Fsp3) is 0.0588. The SMILES string of the molecule is Oc1cccc(Nc2ncc(-c3ccc(OC(F)F)cc3)cn2)c1. The number of nitrogens with zero attached hydrogens (tertiary/aromatic N) is 2. The van der Waals surface area contributed by atoms with Gasteiger partial charge in [-0.05, 0) is 29.8 Å². The molecule has 0 atom stereocenters. The van der Waals surface area contributed by atoms with Gasteiger partial charge in [-0.2, -0.15) is 8.78 Å². The molecule has 0 spiro atoms. The van der Waals surface area contributed by atoms with Gasteiger partial charge in [0, 0.05) is 29.7 Å². The van der Waals surface area contributed by atoms with E-state index in [-0.39, 0.29) is 11.5 Å². The fourth-order valence-electron chi connectivity index (χ4n) is 2.08. The summed E-state index contributed by atoms with van der Waals surface area (Å²) in [5, 5.41) is 12.4. The first-order valence-corrected chi connectivity index (χ1v) is 7.03. The first kappa shape index (κ1) is 15.7. The van der Waals surface area contributed by atoms with Crippen molar-refractivity contribution in [3.8, 4) is 22.6 Å². The van der Waals surface area contributed by atoms with Crippen LogP contribution in [0.4, 0.5) is 20.4 Å². The Morgan fingerprint density at radius 1 is 0.958 bits per heavy atom. The van der Waals surface area contributed by atoms with Crippen LogP contribution in [-0.4, -0.2) is 21.7 Å². The van der Waals surface area contributed by atoms with E-state index in [1.54, 1.807) is 48.8 Å². The van der Waals surface area contributed by atoms with Crippen LogP contribution in [0.5, 0.6) is 11.5 Å². The Labute approximate surface area is 136 Å². The highest BCUT2D eigenvalue weighted by molar-refractivity contribution is 5.63. The predicted octanol–water partition coefficient (Wildman–Crippen LogP) is 4.19. The summed E-state index contributed by atoms with van der Waals surface area (Å²) < 4.78 is 28.6. The lowest BCUT2D eigenvalue weighted by Gasteiger charge is -2.07. The van der Waals surface area contributed by atoms with Crippen molar-refractivity contribution in [1.82, 2.24) is 9.97 Å². The Balaban J connectivity index is 1.72. The molecule has 0 saturated heterocycles. The molecule has 0 aliphatic heterocycles. The molecule has 1 heterocycles. The van der Waals surface area contributed by atoms with Crippen LogP contribution in [0, 0.1) is 0 Å². The number of phenols is 1. The number of hydrogen-bond donors (Lipinski definition) is 2. The molecule has 1 aromatic heterocycles. The van der Waals surface area contributed by atoms with Crippen LogP contribution < -0.4 is 10.1 Å². The van der Waals surface area contributed by atoms with Crippen LogP contribution in [0.25, 0.3) is 11.1 Å². The zero-order valence-corrected chi connectivity index (χ0v) is 12.4. The third-order valence-electron chi connectivity index (χ3n) is 3.17. The topological polar surface area (TPSA) is 67.3 Å². The quantitative estimate of drug-likeness (QED) is 0.734. The number of halogens is 2. The van der Waals surface area contributed by atoms with Gasteiger partial charge in [0.1, 0.15) is 11.5 Å². The molecule has 3 aromatic rings. The third kappa shape index (κ3) is 3.95. The molecule has 0 radical (unpaired) electrons. The molecule has 7 heteroatoms. The van der Waals surface area contributed by atoms with Gasteiger partial charge in [0.2, 0.25) is 5.95 Å². The Hall–Kier alpha value is -3.22. The molecule has 0 amide bonds. The van der Waals surface area contributed by atoms with E-state index in [4.69, 9.17) is 0 Å². The van der Waals surface area contributed by atoms with Gasteiger partial charge >= 0.3 is 6.61 Å². The monoisotopic (exact) mass is 329 g/mol. The summed E-state index contributed by atoms with van der Waals surface area (Å²) >= 11 is 0. The molecule has 5 nitrogen and oxygen atoms in total. The van der Waals surface area contributed by atoms with Crippen LogP contribution >= 0.6 is 0 Å². The van der Waals surface area contributed by atoms with Crippen molar-refractivity contribution in [2.24, 2.45) is 0 Å². The molecular formula is C17H13F2N3O2. The van der Waals surface area contributed by atoms with Crippen molar-refractivity contribution >= 4 is 11.6 Å². The number of rotatable bonds is 5. The minimum Gasteiger partial charge on any atom is -0.508 e. The summed E-state index contributed by atoms with van der Waals surface area (Å²) in [5.41, 5.74) is 2.18. The summed E-state index contributed by atoms with van der Waals surface area (Å²) in [6.45, 7) is -2.85. The maximum absolute atomic E-state index is 12.1. The number of anilines is 2. The van der Waals surface area contributed by atoms with Crippen LogP contribution in [0.1, 0.15) is 0 Å². The lowest BCUT2D eigenvalue weighted by atomic mass is 10.1. The molecule has 0 fully saturated rings. The molecular weight excluding hydrogens is 316 g/mol. The number of benzene rings is 2. The van der Waals surface area contributed by atoms with E-state index in [2.05, 4.69) is 20.0 Å². The summed E-state index contributed by atoms with van der Waals surface area (Å²) in [4.78, 5) is 8.39. The van der Waals surface area contributed by atoms with Crippen molar-refractivity contribution in [1.29, 1.82) is 0 Å². The Bertz CT molecular complexity index is 809. The summed E-state index contributed by atoms with van der Waals surface area (Å²) in [7, 11) is 0. The molecule has 3 rings (SSSR count). The predicted molar refractivity (Wildman–Crippen MR) is 85.5 cm³/mol. The summed E-state index contributed by atoms with van der Waals surface area (Å²) in [5.74, 6) is 0.613. The largest absolute Gasteiger partial charge is 0.508 e. The van der Waals surface area contributed by atoms with Gasteiger partial charge in [0.25, 0.3) is 0 Å². The van der Waals surface area contributed by atoms with E-state index >= 15 is 0 Å². The number of aromatic nitrogens is 2. The molecule has 0 saturated carbocycles. The molecule has 0 bridgehead atoms. The van der Waals surface area contributed by atoms with Crippen molar-refractivity contribution < 1.29 is 18.6 Å². The number of alkyl halides is 2. The second kappa shape index (κ2) is 6.91. The molecule has 0 unspecified atom stereocenters. The average Bonchev–Trinajstić information content (AvgIpc) is 2.56. The zero-order chi connectivity index (χ0) is 16.9. The van der Waals surface area contributed by atoms with Gasteiger partial charge in [-0.25, -0.2) is 9.97 Å². The normalized spacial score (nSPS) is 10.6. The Kier molecular flexibility index (Phi) is 4.51. The Morgan fingerprint density at radius 3 is 2.29 bits per heavy atom. The maximum Gasteiger partial charge on any atom is 0.387 e. The van der Waals surface area contributed by atoms with Crippen molar-refractivity contribution in [3.05, 3.63) is 60.9 Å². The minimum absolute atomic E-state index is 0.0943. The van der Waals surface area contributed by atoms with Crippen molar-refractivity contribution in [2.75, 3.05) is 5.32 Å². The average molecular weight is 329 g/mol. The third-order valence-corrected chi connectivity index (χ3v) is 3.17. The molecule has 122 valence electrons. The highest BCUT2D eigenvalue weighted by Gasteiger charge is 2.05. The van der Waals surface area contributed by atoms with E-state index in [1.807, 2.05) is 0 Å². The van der Waals surface area contributed by atoms with E-state index in [0.29, 0.717) is 11.6 Å². The highest BCUT2D eigenvalue weighted by Crippen LogP contribution is 2.23. The zero-order valence-electron chi connectivity index (χ0n) is 12.4. The number of aromatic hydroxyl groups is 1. The van der Waals surface area contributed by atoms with Crippen LogP contribution in [0.15, 0.2) is 60.9 Å². The summed E-state index contributed by atoms with van der Waals surface area (Å²) in [6, 6.07) is 12.8. The fourth-order valence-corrected chi connectivity index (χ4v) is 2.08. The Morgan fingerprint density at radius 2 is 1.67 bits per heavy atom. The molecule has 0 aliphatic carbocycles. The number of ether oxygens (including phenoxy) is 1. The van der Waals surface area contributed by atoms with Gasteiger partial charge in [-0.1, -0.05) is 18.2 Å². The van der Waals surface area contributed by atoms with E-state index in [9.17, 15) is 13.9 Å². The molecule has 2 aromatic carbocycles. The van der Waals surface area contributed by atoms with E-state index in [0.717, 1.165) is 11.1 Å². The van der Waals surface area contributed by atoms with Crippen molar-refractivity contribution in [2.45, 2.75) is 6.61 Å². The number of hydrogen-bond acceptors (Lipinski definition) is 5. The van der Waals surface area contributed by atoms with E-state index < -0.39 is 6.61 Å². The van der Waals surface area contributed by atoms with Gasteiger partial charge in [0.05, 0.1) is 0 Å². The van der Waals surface area contributed by atoms with Crippen LogP contribution in [0.3, 0.4) is 0 Å². The number of nitrogens with one attached hydrogen (secondary N) is 1. The lowest BCUT2D eigenvalue weighted by Crippen LogP contribution is -2.01. The van der Waals surface area contributed by atoms with Crippen LogP contribution in [0.2, 0.25) is 0 Å². The highest BCUT2D eigenvalue weighted by atomic mass is 19.3. The van der Waals surface area contributed by atoms with Gasteiger partial charge < -0.3 is 15.2 Å². The first-order valence-electron chi connectivity index (χ1n) is 7.03. The smallest absolute Gasteiger partial charge is 0.387 e. The molecule has 0 aliphatic rings. The minimum atomic E-state index is -2.85. The first-order chi connectivity index (χ1) is 11.6. The van der Waals surface area contributed by atoms with Crippen LogP contribution in [-0.2, 0) is 0 Å². The van der Waals surface area contributed by atoms with Crippen molar-refractivity contribution in [3.63, 3.8) is 0 Å². The lowest BCUT2D eigenvalue weighted by molar-refractivity contribution is -0.0498. The van der Waals surface area contributed by atoms with Gasteiger partial charge in [0.15, 0.2) is 0 Å². The summed E-state index contributed by atoms with van der Waals surface area (Å²) in [6.07, 6.45) is 3.22. The number of phenolic OH excluding ortho intramolecular Hbond substituents is 1. The maximum atomic E-state index is 12.1. The van der Waals surface area contributed by atoms with E-state index in [1.165, 1.54) is 12.1 Å². The van der Waals surface area contributed by atoms with Gasteiger partial charge in [-0.15, -0.1) is 0 Å².